The minimum atomic E-state index is -3.12. The number of hydrogen-bond donors (Lipinski definition) is 0. The predicted molar refractivity (Wildman–Crippen MR) is 99.4 cm³/mol. The van der Waals surface area contributed by atoms with Gasteiger partial charge in [0.2, 0.25) is 0 Å². The normalized spacial score (nSPS) is 25.3. The minimum absolute atomic E-state index is 0.0537. The van der Waals surface area contributed by atoms with Crippen LogP contribution in [0.1, 0.15) is 18.9 Å². The molecule has 160 valence electrons. The van der Waals surface area contributed by atoms with Crippen molar-refractivity contribution in [2.75, 3.05) is 13.2 Å². The first kappa shape index (κ1) is 20.8. The number of hydrogen-bond acceptors (Lipinski definition) is 2. The Bertz CT molecular complexity index is 976. The number of benzene rings is 2. The molecule has 2 saturated heterocycles. The summed E-state index contributed by atoms with van der Waals surface area (Å²) in [7, 11) is 0. The van der Waals surface area contributed by atoms with Crippen LogP contribution in [0.3, 0.4) is 0 Å². The molecule has 0 bridgehead atoms. The van der Waals surface area contributed by atoms with E-state index in [9.17, 15) is 22.4 Å². The van der Waals surface area contributed by atoms with Gasteiger partial charge in [0.1, 0.15) is 23.6 Å². The summed E-state index contributed by atoms with van der Waals surface area (Å²) >= 11 is 0. The van der Waals surface area contributed by atoms with Crippen molar-refractivity contribution >= 4 is 5.91 Å². The van der Waals surface area contributed by atoms with Crippen LogP contribution in [0.15, 0.2) is 36.4 Å². The second-order valence-electron chi connectivity index (χ2n) is 7.84. The lowest BCUT2D eigenvalue weighted by Crippen LogP contribution is -2.49. The van der Waals surface area contributed by atoms with Gasteiger partial charge in [0, 0.05) is 29.5 Å². The molecule has 2 aromatic carbocycles. The molecule has 2 aliphatic rings. The molecule has 0 unspecified atom stereocenters. The molecule has 30 heavy (non-hydrogen) atoms. The van der Waals surface area contributed by atoms with Crippen molar-refractivity contribution in [3.63, 3.8) is 0 Å². The van der Waals surface area contributed by atoms with Crippen LogP contribution in [-0.2, 0) is 16.0 Å². The second-order valence-corrected chi connectivity index (χ2v) is 7.84. The Kier molecular flexibility index (Phi) is 5.30. The molecule has 8 heteroatoms. The Hall–Kier alpha value is -2.48. The number of halogens is 5. The van der Waals surface area contributed by atoms with E-state index in [-0.39, 0.29) is 23.1 Å². The van der Waals surface area contributed by atoms with Crippen molar-refractivity contribution in [1.29, 1.82) is 0 Å². The molecule has 0 spiro atoms. The van der Waals surface area contributed by atoms with E-state index in [1.807, 2.05) is 0 Å². The number of carbonyl (C=O) groups is 1. The zero-order valence-corrected chi connectivity index (χ0v) is 16.2. The molecular weight excluding hydrogens is 405 g/mol. The maximum atomic E-state index is 15.2. The van der Waals surface area contributed by atoms with Crippen LogP contribution < -0.4 is 0 Å². The Balaban J connectivity index is 1.67. The number of likely N-dealkylation sites (tertiary alicyclic amines) is 1. The van der Waals surface area contributed by atoms with Crippen molar-refractivity contribution in [1.82, 2.24) is 4.90 Å². The molecule has 0 aliphatic carbocycles. The number of ether oxygens (including phenoxy) is 1. The first-order valence-corrected chi connectivity index (χ1v) is 9.72. The number of amides is 1. The average Bonchev–Trinajstić information content (AvgIpc) is 2.88. The summed E-state index contributed by atoms with van der Waals surface area (Å²) in [4.78, 5) is 13.7. The van der Waals surface area contributed by atoms with Crippen molar-refractivity contribution in [2.45, 2.75) is 37.8 Å². The van der Waals surface area contributed by atoms with Gasteiger partial charge in [-0.3, -0.25) is 4.79 Å². The first-order chi connectivity index (χ1) is 14.2. The fourth-order valence-corrected chi connectivity index (χ4v) is 4.06. The minimum Gasteiger partial charge on any atom is -0.368 e. The van der Waals surface area contributed by atoms with Crippen LogP contribution in [0.4, 0.5) is 22.0 Å². The van der Waals surface area contributed by atoms with Gasteiger partial charge in [0.15, 0.2) is 0 Å². The Morgan fingerprint density at radius 3 is 2.57 bits per heavy atom. The summed E-state index contributed by atoms with van der Waals surface area (Å²) in [5.74, 6) is -7.19. The summed E-state index contributed by atoms with van der Waals surface area (Å²) in [5.41, 5.74) is -0.366. The van der Waals surface area contributed by atoms with Crippen LogP contribution in [-0.4, -0.2) is 42.0 Å². The van der Waals surface area contributed by atoms with E-state index in [1.165, 1.54) is 25.1 Å². The summed E-state index contributed by atoms with van der Waals surface area (Å²) in [5, 5.41) is 0. The topological polar surface area (TPSA) is 29.5 Å². The molecule has 2 aliphatic heterocycles. The van der Waals surface area contributed by atoms with Crippen LogP contribution >= 0.6 is 0 Å². The van der Waals surface area contributed by atoms with E-state index in [0.29, 0.717) is 13.0 Å². The van der Waals surface area contributed by atoms with Crippen LogP contribution in [0.5, 0.6) is 0 Å². The zero-order chi connectivity index (χ0) is 21.6. The molecule has 0 aromatic heterocycles. The smallest absolute Gasteiger partial charge is 0.269 e. The van der Waals surface area contributed by atoms with Gasteiger partial charge in [-0.15, -0.1) is 0 Å². The third kappa shape index (κ3) is 3.57. The summed E-state index contributed by atoms with van der Waals surface area (Å²) in [6.07, 6.45) is -0.456. The molecule has 0 N–H and O–H groups in total. The van der Waals surface area contributed by atoms with Crippen LogP contribution in [0.2, 0.25) is 0 Å². The number of carbonyl (C=O) groups excluding carboxylic acids is 1. The molecule has 2 aromatic rings. The highest BCUT2D eigenvalue weighted by molar-refractivity contribution is 5.82. The zero-order valence-electron chi connectivity index (χ0n) is 16.2. The van der Waals surface area contributed by atoms with Gasteiger partial charge >= 0.3 is 0 Å². The SMILES string of the molecule is C[C@@H]1[C@H](Cc2cccc(-c3cc(F)ccc3F)c2F)N(C(=O)[C@H]2CCO2)CC1(F)F. The lowest BCUT2D eigenvalue weighted by atomic mass is 9.91. The molecule has 0 saturated carbocycles. The monoisotopic (exact) mass is 425 g/mol. The van der Waals surface area contributed by atoms with E-state index in [2.05, 4.69) is 0 Å². The summed E-state index contributed by atoms with van der Waals surface area (Å²) < 4.78 is 76.9. The molecule has 2 heterocycles. The fourth-order valence-electron chi connectivity index (χ4n) is 4.06. The molecule has 3 atom stereocenters. The molecule has 2 fully saturated rings. The van der Waals surface area contributed by atoms with E-state index in [1.54, 1.807) is 0 Å². The fraction of sp³-hybridized carbons (Fsp3) is 0.409. The van der Waals surface area contributed by atoms with Crippen molar-refractivity contribution < 1.29 is 31.5 Å². The maximum absolute atomic E-state index is 15.2. The third-order valence-corrected chi connectivity index (χ3v) is 6.01. The predicted octanol–water partition coefficient (Wildman–Crippen LogP) is 4.58. The van der Waals surface area contributed by atoms with Gasteiger partial charge in [-0.1, -0.05) is 25.1 Å². The molecule has 3 nitrogen and oxygen atoms in total. The van der Waals surface area contributed by atoms with Crippen molar-refractivity contribution in [3.05, 3.63) is 59.4 Å². The number of nitrogens with zero attached hydrogens (tertiary/aromatic N) is 1. The van der Waals surface area contributed by atoms with Gasteiger partial charge in [-0.05, 0) is 30.2 Å². The largest absolute Gasteiger partial charge is 0.368 e. The van der Waals surface area contributed by atoms with Gasteiger partial charge in [0.25, 0.3) is 11.8 Å². The lowest BCUT2D eigenvalue weighted by Gasteiger charge is -2.33. The molecule has 0 radical (unpaired) electrons. The first-order valence-electron chi connectivity index (χ1n) is 9.72. The standard InChI is InChI=1S/C22H20F5NO2/c1-12-18(28(11-22(12,26)27)21(29)19-7-8-30-19)9-13-3-2-4-15(20(13)25)16-10-14(23)5-6-17(16)24/h2-6,10,12,18-19H,7-9,11H2,1H3/t12-,18+,19-/m1/s1. The highest BCUT2D eigenvalue weighted by Gasteiger charge is 2.54. The van der Waals surface area contributed by atoms with Gasteiger partial charge < -0.3 is 9.64 Å². The van der Waals surface area contributed by atoms with E-state index in [4.69, 9.17) is 4.74 Å². The van der Waals surface area contributed by atoms with Gasteiger partial charge in [-0.2, -0.15) is 0 Å². The molecule has 1 amide bonds. The molecule has 4 rings (SSSR count). The third-order valence-electron chi connectivity index (χ3n) is 6.01. The highest BCUT2D eigenvalue weighted by atomic mass is 19.3. The highest BCUT2D eigenvalue weighted by Crippen LogP contribution is 2.41. The van der Waals surface area contributed by atoms with Gasteiger partial charge in [-0.25, -0.2) is 22.0 Å². The summed E-state index contributed by atoms with van der Waals surface area (Å²) in [6.45, 7) is 0.974. The quantitative estimate of drug-likeness (QED) is 0.671. The average molecular weight is 425 g/mol. The Morgan fingerprint density at radius 1 is 1.17 bits per heavy atom. The van der Waals surface area contributed by atoms with Crippen LogP contribution in [0.25, 0.3) is 11.1 Å². The Labute approximate surface area is 170 Å². The van der Waals surface area contributed by atoms with E-state index >= 15 is 4.39 Å². The van der Waals surface area contributed by atoms with Crippen LogP contribution in [0, 0.1) is 23.4 Å². The van der Waals surface area contributed by atoms with E-state index < -0.39 is 53.9 Å². The van der Waals surface area contributed by atoms with Crippen molar-refractivity contribution in [2.24, 2.45) is 5.92 Å². The number of alkyl halides is 2. The van der Waals surface area contributed by atoms with Gasteiger partial charge in [0.05, 0.1) is 13.2 Å². The summed E-state index contributed by atoms with van der Waals surface area (Å²) in [6, 6.07) is 5.92. The maximum Gasteiger partial charge on any atom is 0.269 e. The van der Waals surface area contributed by atoms with E-state index in [0.717, 1.165) is 23.1 Å². The van der Waals surface area contributed by atoms with Crippen molar-refractivity contribution in [3.8, 4) is 11.1 Å². The number of rotatable bonds is 4. The second kappa shape index (κ2) is 7.65. The lowest BCUT2D eigenvalue weighted by molar-refractivity contribution is -0.158. The molecular formula is C22H20F5NO2. The Morgan fingerprint density at radius 2 is 1.90 bits per heavy atom.